The number of hydrogen-bond acceptors (Lipinski definition) is 6. The van der Waals surface area contributed by atoms with E-state index in [1.54, 1.807) is 19.2 Å². The number of fused-ring (bicyclic) bond motifs is 1. The van der Waals surface area contributed by atoms with Crippen LogP contribution in [0.15, 0.2) is 36.4 Å². The van der Waals surface area contributed by atoms with Gasteiger partial charge in [-0.1, -0.05) is 12.1 Å². The third kappa shape index (κ3) is 6.60. The lowest BCUT2D eigenvalue weighted by Gasteiger charge is -2.23. The van der Waals surface area contributed by atoms with Crippen LogP contribution in [-0.2, 0) is 27.7 Å². The largest absolute Gasteiger partial charge is 0.495 e. The molecule has 1 aliphatic heterocycles. The highest BCUT2D eigenvalue weighted by Gasteiger charge is 2.22. The Kier molecular flexibility index (Phi) is 7.40. The summed E-state index contributed by atoms with van der Waals surface area (Å²) in [5.74, 6) is 1.41. The van der Waals surface area contributed by atoms with E-state index in [0.29, 0.717) is 36.6 Å². The van der Waals surface area contributed by atoms with Gasteiger partial charge in [0.15, 0.2) is 0 Å². The lowest BCUT2D eigenvalue weighted by atomic mass is 10.0. The van der Waals surface area contributed by atoms with E-state index in [1.165, 1.54) is 0 Å². The first kappa shape index (κ1) is 22.9. The van der Waals surface area contributed by atoms with Gasteiger partial charge < -0.3 is 19.7 Å². The van der Waals surface area contributed by atoms with Gasteiger partial charge in [-0.25, -0.2) is 8.42 Å². The number of benzene rings is 2. The van der Waals surface area contributed by atoms with Crippen molar-refractivity contribution in [3.05, 3.63) is 47.5 Å². The van der Waals surface area contributed by atoms with Crippen LogP contribution in [-0.4, -0.2) is 59.3 Å². The van der Waals surface area contributed by atoms with Crippen LogP contribution in [0.5, 0.6) is 11.5 Å². The number of sulfonamides is 1. The predicted molar refractivity (Wildman–Crippen MR) is 122 cm³/mol. The van der Waals surface area contributed by atoms with Crippen molar-refractivity contribution in [1.29, 1.82) is 0 Å². The number of nitrogens with zero attached hydrogens (tertiary/aromatic N) is 1. The molecule has 1 heterocycles. The molecule has 0 saturated heterocycles. The van der Waals surface area contributed by atoms with Crippen molar-refractivity contribution >= 4 is 27.3 Å². The average Bonchev–Trinajstić information content (AvgIpc) is 2.72. The number of amides is 1. The van der Waals surface area contributed by atoms with Gasteiger partial charge in [0, 0.05) is 30.8 Å². The number of rotatable bonds is 10. The molecule has 0 saturated carbocycles. The minimum atomic E-state index is -3.26. The summed E-state index contributed by atoms with van der Waals surface area (Å²) in [5, 5.41) is 2.88. The topological polar surface area (TPSA) is 97.0 Å². The van der Waals surface area contributed by atoms with Crippen LogP contribution in [0.3, 0.4) is 0 Å². The molecule has 168 valence electrons. The van der Waals surface area contributed by atoms with E-state index in [4.69, 9.17) is 9.47 Å². The van der Waals surface area contributed by atoms with Crippen LogP contribution in [0, 0.1) is 0 Å². The van der Waals surface area contributed by atoms with Crippen molar-refractivity contribution in [2.45, 2.75) is 19.3 Å². The second-order valence-corrected chi connectivity index (χ2v) is 9.39. The van der Waals surface area contributed by atoms with Crippen molar-refractivity contribution in [3.63, 3.8) is 0 Å². The van der Waals surface area contributed by atoms with Gasteiger partial charge in [-0.3, -0.25) is 9.52 Å². The molecule has 0 bridgehead atoms. The van der Waals surface area contributed by atoms with Gasteiger partial charge in [0.05, 0.1) is 19.1 Å². The summed E-state index contributed by atoms with van der Waals surface area (Å²) in [6.45, 7) is 2.13. The van der Waals surface area contributed by atoms with Gasteiger partial charge in [0.2, 0.25) is 15.9 Å². The molecule has 0 fully saturated rings. The molecule has 0 radical (unpaired) electrons. The normalized spacial score (nSPS) is 13.5. The third-order valence-corrected chi connectivity index (χ3v) is 5.69. The van der Waals surface area contributed by atoms with Crippen LogP contribution in [0.2, 0.25) is 0 Å². The molecule has 31 heavy (non-hydrogen) atoms. The van der Waals surface area contributed by atoms with Crippen molar-refractivity contribution in [2.75, 3.05) is 50.1 Å². The van der Waals surface area contributed by atoms with Gasteiger partial charge in [0.1, 0.15) is 18.1 Å². The Hall–Kier alpha value is -2.78. The molecule has 1 aliphatic rings. The molecule has 3 rings (SSSR count). The zero-order chi connectivity index (χ0) is 22.4. The number of hydrogen-bond donors (Lipinski definition) is 2. The smallest absolute Gasteiger partial charge is 0.229 e. The number of ether oxygens (including phenoxy) is 2. The minimum Gasteiger partial charge on any atom is -0.495 e. The monoisotopic (exact) mass is 447 g/mol. The average molecular weight is 448 g/mol. The van der Waals surface area contributed by atoms with E-state index in [1.807, 2.05) is 31.3 Å². The first-order chi connectivity index (χ1) is 14.7. The molecule has 0 aliphatic carbocycles. The Morgan fingerprint density at radius 3 is 2.45 bits per heavy atom. The maximum atomic E-state index is 11.7. The van der Waals surface area contributed by atoms with Gasteiger partial charge in [-0.15, -0.1) is 0 Å². The van der Waals surface area contributed by atoms with E-state index in [9.17, 15) is 13.2 Å². The highest BCUT2D eigenvalue weighted by Crippen LogP contribution is 2.38. The number of likely N-dealkylation sites (N-methyl/N-ethyl adjacent to an activating group) is 1. The first-order valence-electron chi connectivity index (χ1n) is 10.1. The molecule has 1 amide bonds. The quantitative estimate of drug-likeness (QED) is 0.581. The van der Waals surface area contributed by atoms with Gasteiger partial charge >= 0.3 is 0 Å². The fourth-order valence-electron chi connectivity index (χ4n) is 3.43. The highest BCUT2D eigenvalue weighted by atomic mass is 32.2. The van der Waals surface area contributed by atoms with Crippen LogP contribution in [0.25, 0.3) is 0 Å². The molecule has 0 spiro atoms. The predicted octanol–water partition coefficient (Wildman–Crippen LogP) is 2.50. The van der Waals surface area contributed by atoms with Crippen molar-refractivity contribution in [3.8, 4) is 11.5 Å². The van der Waals surface area contributed by atoms with Gasteiger partial charge in [-0.2, -0.15) is 0 Å². The SMILES string of the molecule is COc1ccc(OCCN(C)CCc2ccc(NS(C)(=O)=O)cc2)c2c1NC(=O)CC2. The van der Waals surface area contributed by atoms with Crippen molar-refractivity contribution in [2.24, 2.45) is 0 Å². The maximum absolute atomic E-state index is 11.7. The highest BCUT2D eigenvalue weighted by molar-refractivity contribution is 7.92. The second kappa shape index (κ2) is 10.0. The van der Waals surface area contributed by atoms with Crippen LogP contribution in [0.1, 0.15) is 17.5 Å². The molecule has 9 heteroatoms. The van der Waals surface area contributed by atoms with Crippen LogP contribution < -0.4 is 19.5 Å². The molecular weight excluding hydrogens is 418 g/mol. The Labute approximate surface area is 183 Å². The summed E-state index contributed by atoms with van der Waals surface area (Å²) in [6.07, 6.45) is 3.05. The fraction of sp³-hybridized carbons (Fsp3) is 0.409. The molecule has 8 nitrogen and oxygen atoms in total. The first-order valence-corrected chi connectivity index (χ1v) is 12.0. The minimum absolute atomic E-state index is 0.0113. The number of carbonyl (C=O) groups excluding carboxylic acids is 1. The Balaban J connectivity index is 1.48. The zero-order valence-electron chi connectivity index (χ0n) is 18.1. The molecule has 2 aromatic rings. The Morgan fingerprint density at radius 1 is 1.06 bits per heavy atom. The second-order valence-electron chi connectivity index (χ2n) is 7.64. The van der Waals surface area contributed by atoms with Crippen molar-refractivity contribution < 1.29 is 22.7 Å². The van der Waals surface area contributed by atoms with Crippen molar-refractivity contribution in [1.82, 2.24) is 4.90 Å². The van der Waals surface area contributed by atoms with Gasteiger partial charge in [0.25, 0.3) is 0 Å². The lowest BCUT2D eigenvalue weighted by Crippen LogP contribution is -2.27. The summed E-state index contributed by atoms with van der Waals surface area (Å²) in [6, 6.07) is 11.1. The van der Waals surface area contributed by atoms with Crippen LogP contribution in [0.4, 0.5) is 11.4 Å². The number of carbonyl (C=O) groups is 1. The van der Waals surface area contributed by atoms with E-state index in [2.05, 4.69) is 14.9 Å². The fourth-order valence-corrected chi connectivity index (χ4v) is 4.00. The summed E-state index contributed by atoms with van der Waals surface area (Å²) >= 11 is 0. The van der Waals surface area contributed by atoms with E-state index >= 15 is 0 Å². The Morgan fingerprint density at radius 2 is 1.77 bits per heavy atom. The van der Waals surface area contributed by atoms with E-state index in [0.717, 1.165) is 42.6 Å². The summed E-state index contributed by atoms with van der Waals surface area (Å²) < 4.78 is 36.4. The standard InChI is InChI=1S/C22H29N3O5S/c1-25(13-12-16-4-6-17(7-5-16)24-31(3,27)28)14-15-30-19-9-10-20(29-2)22-18(19)8-11-21(26)23-22/h4-7,9-10,24H,8,11-15H2,1-3H3,(H,23,26). The molecule has 2 aromatic carbocycles. The van der Waals surface area contributed by atoms with E-state index in [-0.39, 0.29) is 5.91 Å². The zero-order valence-corrected chi connectivity index (χ0v) is 18.9. The summed E-state index contributed by atoms with van der Waals surface area (Å²) in [7, 11) is 0.358. The molecule has 0 atom stereocenters. The maximum Gasteiger partial charge on any atom is 0.229 e. The number of methoxy groups -OCH3 is 1. The molecule has 0 unspecified atom stereocenters. The summed E-state index contributed by atoms with van der Waals surface area (Å²) in [4.78, 5) is 13.9. The lowest BCUT2D eigenvalue weighted by molar-refractivity contribution is -0.116. The molecular formula is C22H29N3O5S. The number of anilines is 2. The van der Waals surface area contributed by atoms with Gasteiger partial charge in [-0.05, 0) is 49.7 Å². The Bertz CT molecular complexity index is 1020. The molecule has 0 aromatic heterocycles. The van der Waals surface area contributed by atoms with Crippen LogP contribution >= 0.6 is 0 Å². The number of nitrogens with one attached hydrogen (secondary N) is 2. The molecule has 2 N–H and O–H groups in total. The summed E-state index contributed by atoms with van der Waals surface area (Å²) in [5.41, 5.74) is 3.38. The van der Waals surface area contributed by atoms with E-state index < -0.39 is 10.0 Å². The third-order valence-electron chi connectivity index (χ3n) is 5.09.